The molecule has 0 spiro atoms. The monoisotopic (exact) mass is 260 g/mol. The summed E-state index contributed by atoms with van der Waals surface area (Å²) in [7, 11) is 0. The van der Waals surface area contributed by atoms with Gasteiger partial charge < -0.3 is 10.2 Å². The summed E-state index contributed by atoms with van der Waals surface area (Å²) in [4.78, 5) is 13.4. The molecule has 0 fully saturated rings. The number of nitrogens with one attached hydrogen (secondary N) is 1. The second-order valence-corrected chi connectivity index (χ2v) is 5.44. The minimum atomic E-state index is 0.143. The van der Waals surface area contributed by atoms with Gasteiger partial charge in [-0.15, -0.1) is 0 Å². The summed E-state index contributed by atoms with van der Waals surface area (Å²) < 4.78 is 0. The van der Waals surface area contributed by atoms with Crippen molar-refractivity contribution < 1.29 is 4.79 Å². The predicted molar refractivity (Wildman–Crippen MR) is 79.6 cm³/mol. The van der Waals surface area contributed by atoms with E-state index in [1.807, 2.05) is 4.90 Å². The molecule has 1 aliphatic rings. The van der Waals surface area contributed by atoms with Crippen molar-refractivity contribution in [2.24, 2.45) is 0 Å². The lowest BCUT2D eigenvalue weighted by Gasteiger charge is -2.16. The van der Waals surface area contributed by atoms with Crippen LogP contribution < -0.4 is 10.2 Å². The van der Waals surface area contributed by atoms with E-state index in [1.165, 1.54) is 17.5 Å². The molecule has 1 aromatic rings. The lowest BCUT2D eigenvalue weighted by atomic mass is 10.0. The van der Waals surface area contributed by atoms with Gasteiger partial charge in [-0.3, -0.25) is 4.79 Å². The van der Waals surface area contributed by atoms with E-state index in [4.69, 9.17) is 0 Å². The van der Waals surface area contributed by atoms with Crippen LogP contribution in [-0.4, -0.2) is 25.0 Å². The molecular weight excluding hydrogens is 236 g/mol. The minimum Gasteiger partial charge on any atom is -0.314 e. The first-order valence-corrected chi connectivity index (χ1v) is 7.25. The van der Waals surface area contributed by atoms with Gasteiger partial charge in [0, 0.05) is 25.2 Å². The highest BCUT2D eigenvalue weighted by Crippen LogP contribution is 2.29. The molecule has 1 heterocycles. The van der Waals surface area contributed by atoms with Crippen molar-refractivity contribution in [3.05, 3.63) is 29.3 Å². The Labute approximate surface area is 116 Å². The summed E-state index contributed by atoms with van der Waals surface area (Å²) in [6.07, 6.45) is 3.20. The Bertz CT molecular complexity index is 456. The molecule has 2 rings (SSSR count). The number of carbonyl (C=O) groups is 1. The number of hydrogen-bond acceptors (Lipinski definition) is 2. The predicted octanol–water partition coefficient (Wildman–Crippen LogP) is 2.53. The number of carbonyl (C=O) groups excluding carboxylic acids is 1. The lowest BCUT2D eigenvalue weighted by Crippen LogP contribution is -2.28. The molecule has 1 aliphatic heterocycles. The van der Waals surface area contributed by atoms with Crippen molar-refractivity contribution in [2.45, 2.75) is 46.1 Å². The van der Waals surface area contributed by atoms with Crippen LogP contribution in [0.25, 0.3) is 0 Å². The number of hydrogen-bond donors (Lipinski definition) is 1. The third-order valence-corrected chi connectivity index (χ3v) is 3.70. The fourth-order valence-electron chi connectivity index (χ4n) is 2.73. The van der Waals surface area contributed by atoms with E-state index in [2.05, 4.69) is 37.4 Å². The summed E-state index contributed by atoms with van der Waals surface area (Å²) in [6.45, 7) is 7.96. The van der Waals surface area contributed by atoms with Crippen molar-refractivity contribution in [3.63, 3.8) is 0 Å². The maximum absolute atomic E-state index is 11.5. The normalized spacial score (nSPS) is 15.4. The average Bonchev–Trinajstić information content (AvgIpc) is 2.79. The Morgan fingerprint density at radius 1 is 1.47 bits per heavy atom. The van der Waals surface area contributed by atoms with Crippen molar-refractivity contribution >= 4 is 11.6 Å². The number of amides is 1. The fraction of sp³-hybridized carbons (Fsp3) is 0.562. The highest BCUT2D eigenvalue weighted by molar-refractivity contribution is 5.93. The number of rotatable bonds is 5. The first-order valence-electron chi connectivity index (χ1n) is 7.25. The molecule has 0 saturated heterocycles. The summed E-state index contributed by atoms with van der Waals surface area (Å²) in [5.41, 5.74) is 3.78. The van der Waals surface area contributed by atoms with Gasteiger partial charge in [-0.25, -0.2) is 0 Å². The van der Waals surface area contributed by atoms with Crippen LogP contribution >= 0.6 is 0 Å². The largest absolute Gasteiger partial charge is 0.314 e. The Balaban J connectivity index is 2.04. The standard InChI is InChI=1S/C16H24N2O/c1-4-8-17-12(2)10-14-5-6-16-15(11-14)7-9-18(16)13(3)19/h5-6,11-12,17H,4,7-10H2,1-3H3. The van der Waals surface area contributed by atoms with Gasteiger partial charge in [-0.1, -0.05) is 19.1 Å². The third kappa shape index (κ3) is 3.35. The maximum atomic E-state index is 11.5. The van der Waals surface area contributed by atoms with Gasteiger partial charge in [0.25, 0.3) is 0 Å². The number of nitrogens with zero attached hydrogens (tertiary/aromatic N) is 1. The Morgan fingerprint density at radius 2 is 2.26 bits per heavy atom. The van der Waals surface area contributed by atoms with Crippen LogP contribution in [0.2, 0.25) is 0 Å². The van der Waals surface area contributed by atoms with Crippen LogP contribution in [0, 0.1) is 0 Å². The van der Waals surface area contributed by atoms with Gasteiger partial charge >= 0.3 is 0 Å². The lowest BCUT2D eigenvalue weighted by molar-refractivity contribution is -0.116. The van der Waals surface area contributed by atoms with Crippen molar-refractivity contribution in [1.82, 2.24) is 5.32 Å². The second kappa shape index (κ2) is 6.20. The smallest absolute Gasteiger partial charge is 0.223 e. The van der Waals surface area contributed by atoms with Gasteiger partial charge in [0.2, 0.25) is 5.91 Å². The molecule has 3 heteroatoms. The summed E-state index contributed by atoms with van der Waals surface area (Å²) in [5, 5.41) is 3.51. The number of fused-ring (bicyclic) bond motifs is 1. The van der Waals surface area contributed by atoms with Crippen molar-refractivity contribution in [2.75, 3.05) is 18.0 Å². The zero-order chi connectivity index (χ0) is 13.8. The summed E-state index contributed by atoms with van der Waals surface area (Å²) in [6, 6.07) is 7.03. The molecule has 1 amide bonds. The topological polar surface area (TPSA) is 32.3 Å². The molecule has 1 aromatic carbocycles. The molecule has 0 bridgehead atoms. The van der Waals surface area contributed by atoms with Crippen LogP contribution in [0.5, 0.6) is 0 Å². The van der Waals surface area contributed by atoms with Crippen LogP contribution in [0.15, 0.2) is 18.2 Å². The highest BCUT2D eigenvalue weighted by atomic mass is 16.2. The van der Waals surface area contributed by atoms with Crippen LogP contribution in [0.4, 0.5) is 5.69 Å². The highest BCUT2D eigenvalue weighted by Gasteiger charge is 2.22. The zero-order valence-corrected chi connectivity index (χ0v) is 12.2. The SMILES string of the molecule is CCCNC(C)Cc1ccc2c(c1)CCN2C(C)=O. The molecule has 1 unspecified atom stereocenters. The average molecular weight is 260 g/mol. The first-order chi connectivity index (χ1) is 9.11. The van der Waals surface area contributed by atoms with E-state index in [1.54, 1.807) is 6.92 Å². The van der Waals surface area contributed by atoms with Crippen molar-refractivity contribution in [1.29, 1.82) is 0 Å². The number of anilines is 1. The van der Waals surface area contributed by atoms with E-state index < -0.39 is 0 Å². The second-order valence-electron chi connectivity index (χ2n) is 5.44. The van der Waals surface area contributed by atoms with E-state index in [0.29, 0.717) is 6.04 Å². The van der Waals surface area contributed by atoms with Gasteiger partial charge in [0.15, 0.2) is 0 Å². The van der Waals surface area contributed by atoms with Gasteiger partial charge in [-0.2, -0.15) is 0 Å². The Morgan fingerprint density at radius 3 is 2.95 bits per heavy atom. The molecule has 0 aliphatic carbocycles. The van der Waals surface area contributed by atoms with Gasteiger partial charge in [0.05, 0.1) is 0 Å². The summed E-state index contributed by atoms with van der Waals surface area (Å²) in [5.74, 6) is 0.143. The molecule has 3 nitrogen and oxygen atoms in total. The quantitative estimate of drug-likeness (QED) is 0.882. The van der Waals surface area contributed by atoms with Crippen LogP contribution in [0.3, 0.4) is 0 Å². The third-order valence-electron chi connectivity index (χ3n) is 3.70. The molecule has 0 saturated carbocycles. The Kier molecular flexibility index (Phi) is 4.59. The minimum absolute atomic E-state index is 0.143. The fourth-order valence-corrected chi connectivity index (χ4v) is 2.73. The first kappa shape index (κ1) is 14.1. The van der Waals surface area contributed by atoms with E-state index in [0.717, 1.165) is 31.6 Å². The maximum Gasteiger partial charge on any atom is 0.223 e. The van der Waals surface area contributed by atoms with E-state index in [9.17, 15) is 4.79 Å². The van der Waals surface area contributed by atoms with Crippen LogP contribution in [-0.2, 0) is 17.6 Å². The molecule has 0 radical (unpaired) electrons. The summed E-state index contributed by atoms with van der Waals surface area (Å²) >= 11 is 0. The molecule has 0 aromatic heterocycles. The Hall–Kier alpha value is -1.35. The van der Waals surface area contributed by atoms with Gasteiger partial charge in [-0.05, 0) is 49.9 Å². The van der Waals surface area contributed by atoms with Crippen molar-refractivity contribution in [3.8, 4) is 0 Å². The molecule has 19 heavy (non-hydrogen) atoms. The van der Waals surface area contributed by atoms with E-state index >= 15 is 0 Å². The molecule has 1 N–H and O–H groups in total. The zero-order valence-electron chi connectivity index (χ0n) is 12.2. The molecule has 1 atom stereocenters. The molecular formula is C16H24N2O. The number of benzene rings is 1. The van der Waals surface area contributed by atoms with Crippen LogP contribution in [0.1, 0.15) is 38.3 Å². The van der Waals surface area contributed by atoms with Gasteiger partial charge in [0.1, 0.15) is 0 Å². The molecule has 104 valence electrons. The van der Waals surface area contributed by atoms with E-state index in [-0.39, 0.29) is 5.91 Å².